The van der Waals surface area contributed by atoms with Crippen LogP contribution in [-0.2, 0) is 13.0 Å². The van der Waals surface area contributed by atoms with Crippen molar-refractivity contribution in [3.63, 3.8) is 0 Å². The first-order valence-corrected chi connectivity index (χ1v) is 7.10. The number of amides is 2. The van der Waals surface area contributed by atoms with Crippen LogP contribution >= 0.6 is 0 Å². The van der Waals surface area contributed by atoms with Gasteiger partial charge in [-0.25, -0.2) is 0 Å². The second-order valence-corrected chi connectivity index (χ2v) is 5.03. The van der Waals surface area contributed by atoms with E-state index in [2.05, 4.69) is 26.1 Å². The molecule has 2 amide bonds. The average Bonchev–Trinajstić information content (AvgIpc) is 2.99. The summed E-state index contributed by atoms with van der Waals surface area (Å²) in [5.41, 5.74) is 3.13. The highest BCUT2D eigenvalue weighted by atomic mass is 16.2. The molecule has 0 spiro atoms. The number of carbonyl (C=O) groups is 2. The molecule has 0 saturated heterocycles. The van der Waals surface area contributed by atoms with Gasteiger partial charge in [0.25, 0.3) is 11.8 Å². The molecule has 0 fully saturated rings. The van der Waals surface area contributed by atoms with Crippen LogP contribution in [0.5, 0.6) is 0 Å². The molecule has 0 aliphatic carbocycles. The van der Waals surface area contributed by atoms with Crippen LogP contribution in [0.1, 0.15) is 32.1 Å². The van der Waals surface area contributed by atoms with Crippen molar-refractivity contribution in [2.75, 3.05) is 18.9 Å². The standard InChI is InChI=1S/C15H17N5O2/c1-16-14(21)9-4-2-3-5-11(9)18-15(22)13-10-8-17-7-6-12(10)19-20-13/h2-5,17H,6-8H2,1H3,(H,16,21)(H,18,22)(H,19,20). The summed E-state index contributed by atoms with van der Waals surface area (Å²) in [6.07, 6.45) is 0.824. The Morgan fingerprint density at radius 2 is 2.05 bits per heavy atom. The molecule has 22 heavy (non-hydrogen) atoms. The molecule has 7 nitrogen and oxygen atoms in total. The second-order valence-electron chi connectivity index (χ2n) is 5.03. The van der Waals surface area contributed by atoms with Gasteiger partial charge < -0.3 is 16.0 Å². The molecule has 0 atom stereocenters. The first kappa shape index (κ1) is 14.3. The van der Waals surface area contributed by atoms with Crippen molar-refractivity contribution < 1.29 is 9.59 Å². The average molecular weight is 299 g/mol. The van der Waals surface area contributed by atoms with Gasteiger partial charge in [-0.05, 0) is 12.1 Å². The van der Waals surface area contributed by atoms with Crippen LogP contribution in [0.15, 0.2) is 24.3 Å². The molecule has 0 unspecified atom stereocenters. The van der Waals surface area contributed by atoms with E-state index >= 15 is 0 Å². The largest absolute Gasteiger partial charge is 0.355 e. The summed E-state index contributed by atoms with van der Waals surface area (Å²) >= 11 is 0. The van der Waals surface area contributed by atoms with Gasteiger partial charge in [-0.1, -0.05) is 12.1 Å². The molecule has 114 valence electrons. The summed E-state index contributed by atoms with van der Waals surface area (Å²) in [4.78, 5) is 24.3. The highest BCUT2D eigenvalue weighted by Gasteiger charge is 2.22. The van der Waals surface area contributed by atoms with E-state index in [9.17, 15) is 9.59 Å². The quantitative estimate of drug-likeness (QED) is 0.669. The van der Waals surface area contributed by atoms with Crippen LogP contribution in [0.3, 0.4) is 0 Å². The molecule has 1 aliphatic heterocycles. The molecule has 0 bridgehead atoms. The summed E-state index contributed by atoms with van der Waals surface area (Å²) < 4.78 is 0. The Morgan fingerprint density at radius 1 is 1.23 bits per heavy atom. The van der Waals surface area contributed by atoms with Gasteiger partial charge in [0, 0.05) is 37.8 Å². The summed E-state index contributed by atoms with van der Waals surface area (Å²) in [5.74, 6) is -0.570. The third kappa shape index (κ3) is 2.58. The van der Waals surface area contributed by atoms with Gasteiger partial charge in [0.15, 0.2) is 5.69 Å². The van der Waals surface area contributed by atoms with Crippen molar-refractivity contribution >= 4 is 17.5 Å². The molecule has 7 heteroatoms. The van der Waals surface area contributed by atoms with E-state index in [0.717, 1.165) is 24.2 Å². The zero-order chi connectivity index (χ0) is 15.5. The number of hydrogen-bond acceptors (Lipinski definition) is 4. The molecule has 1 aromatic heterocycles. The number of para-hydroxylation sites is 1. The number of anilines is 1. The highest BCUT2D eigenvalue weighted by molar-refractivity contribution is 6.08. The Bertz CT molecular complexity index is 722. The Labute approximate surface area is 127 Å². The lowest BCUT2D eigenvalue weighted by Gasteiger charge is -2.13. The number of aromatic amines is 1. The minimum atomic E-state index is -0.322. The van der Waals surface area contributed by atoms with Crippen LogP contribution in [0.2, 0.25) is 0 Å². The SMILES string of the molecule is CNC(=O)c1ccccc1NC(=O)c1n[nH]c2c1CNCC2. The van der Waals surface area contributed by atoms with Gasteiger partial charge in [-0.15, -0.1) is 0 Å². The van der Waals surface area contributed by atoms with Gasteiger partial charge in [-0.3, -0.25) is 14.7 Å². The molecule has 1 aliphatic rings. The van der Waals surface area contributed by atoms with Crippen LogP contribution in [0, 0.1) is 0 Å². The fourth-order valence-corrected chi connectivity index (χ4v) is 2.52. The second kappa shape index (κ2) is 5.98. The van der Waals surface area contributed by atoms with E-state index in [1.807, 2.05) is 0 Å². The predicted molar refractivity (Wildman–Crippen MR) is 81.8 cm³/mol. The Balaban J connectivity index is 1.86. The Kier molecular flexibility index (Phi) is 3.88. The molecule has 2 heterocycles. The van der Waals surface area contributed by atoms with Gasteiger partial charge in [0.2, 0.25) is 0 Å². The fourth-order valence-electron chi connectivity index (χ4n) is 2.52. The van der Waals surface area contributed by atoms with E-state index in [1.165, 1.54) is 0 Å². The lowest BCUT2D eigenvalue weighted by molar-refractivity contribution is 0.0964. The minimum Gasteiger partial charge on any atom is -0.355 e. The number of hydrogen-bond donors (Lipinski definition) is 4. The Morgan fingerprint density at radius 3 is 2.86 bits per heavy atom. The summed E-state index contributed by atoms with van der Waals surface area (Å²) in [5, 5.41) is 15.6. The van der Waals surface area contributed by atoms with Crippen molar-refractivity contribution in [3.05, 3.63) is 46.8 Å². The van der Waals surface area contributed by atoms with Gasteiger partial charge in [-0.2, -0.15) is 5.10 Å². The maximum atomic E-state index is 12.5. The van der Waals surface area contributed by atoms with Crippen molar-refractivity contribution in [1.29, 1.82) is 0 Å². The number of aromatic nitrogens is 2. The van der Waals surface area contributed by atoms with Crippen LogP contribution in [-0.4, -0.2) is 35.6 Å². The smallest absolute Gasteiger partial charge is 0.276 e. The molecule has 0 radical (unpaired) electrons. The van der Waals surface area contributed by atoms with E-state index in [0.29, 0.717) is 23.5 Å². The summed E-state index contributed by atoms with van der Waals surface area (Å²) in [6.45, 7) is 1.49. The Hall–Kier alpha value is -2.67. The number of nitrogens with zero attached hydrogens (tertiary/aromatic N) is 1. The molecule has 4 N–H and O–H groups in total. The highest BCUT2D eigenvalue weighted by Crippen LogP contribution is 2.19. The lowest BCUT2D eigenvalue weighted by Crippen LogP contribution is -2.26. The van der Waals surface area contributed by atoms with Crippen molar-refractivity contribution in [2.45, 2.75) is 13.0 Å². The van der Waals surface area contributed by atoms with Crippen LogP contribution < -0.4 is 16.0 Å². The molecular formula is C15H17N5O2. The molecule has 0 saturated carbocycles. The first-order valence-electron chi connectivity index (χ1n) is 7.10. The zero-order valence-corrected chi connectivity index (χ0v) is 12.2. The number of fused-ring (bicyclic) bond motifs is 1. The third-order valence-electron chi connectivity index (χ3n) is 3.67. The van der Waals surface area contributed by atoms with Gasteiger partial charge >= 0.3 is 0 Å². The molecule has 3 rings (SSSR count). The third-order valence-corrected chi connectivity index (χ3v) is 3.67. The van der Waals surface area contributed by atoms with Crippen molar-refractivity contribution in [2.24, 2.45) is 0 Å². The fraction of sp³-hybridized carbons (Fsp3) is 0.267. The number of H-pyrrole nitrogens is 1. The maximum absolute atomic E-state index is 12.5. The summed E-state index contributed by atoms with van der Waals surface area (Å²) in [7, 11) is 1.55. The monoisotopic (exact) mass is 299 g/mol. The van der Waals surface area contributed by atoms with Crippen LogP contribution in [0.4, 0.5) is 5.69 Å². The number of rotatable bonds is 3. The number of carbonyl (C=O) groups excluding carboxylic acids is 2. The van der Waals surface area contributed by atoms with E-state index in [4.69, 9.17) is 0 Å². The van der Waals surface area contributed by atoms with E-state index < -0.39 is 0 Å². The topological polar surface area (TPSA) is 98.9 Å². The number of nitrogens with one attached hydrogen (secondary N) is 4. The van der Waals surface area contributed by atoms with Crippen molar-refractivity contribution in [3.8, 4) is 0 Å². The molecular weight excluding hydrogens is 282 g/mol. The van der Waals surface area contributed by atoms with E-state index in [-0.39, 0.29) is 11.8 Å². The van der Waals surface area contributed by atoms with Gasteiger partial charge in [0.05, 0.1) is 11.3 Å². The predicted octanol–water partition coefficient (Wildman–Crippen LogP) is 0.667. The maximum Gasteiger partial charge on any atom is 0.276 e. The first-order chi connectivity index (χ1) is 10.7. The zero-order valence-electron chi connectivity index (χ0n) is 12.2. The number of benzene rings is 1. The minimum absolute atomic E-state index is 0.248. The lowest BCUT2D eigenvalue weighted by atomic mass is 10.1. The van der Waals surface area contributed by atoms with E-state index in [1.54, 1.807) is 31.3 Å². The summed E-state index contributed by atoms with van der Waals surface area (Å²) in [6, 6.07) is 6.88. The molecule has 1 aromatic carbocycles. The van der Waals surface area contributed by atoms with Gasteiger partial charge in [0.1, 0.15) is 0 Å². The van der Waals surface area contributed by atoms with Crippen molar-refractivity contribution in [1.82, 2.24) is 20.8 Å². The molecule has 2 aromatic rings. The normalized spacial score (nSPS) is 13.3. The van der Waals surface area contributed by atoms with Crippen LogP contribution in [0.25, 0.3) is 0 Å².